The van der Waals surface area contributed by atoms with Crippen LogP contribution >= 0.6 is 0 Å². The van der Waals surface area contributed by atoms with E-state index in [1.54, 1.807) is 36.4 Å². The van der Waals surface area contributed by atoms with Gasteiger partial charge in [-0.3, -0.25) is 9.59 Å². The fraction of sp³-hybridized carbons (Fsp3) is 0.308. The second-order valence-electron chi connectivity index (χ2n) is 8.94. The van der Waals surface area contributed by atoms with Gasteiger partial charge >= 0.3 is 24.0 Å². The van der Waals surface area contributed by atoms with Gasteiger partial charge in [0.2, 0.25) is 11.8 Å². The molecule has 1 saturated carbocycles. The first-order valence-electron chi connectivity index (χ1n) is 11.8. The molecule has 0 spiro atoms. The topological polar surface area (TPSA) is 201 Å². The molecule has 1 aliphatic carbocycles. The van der Waals surface area contributed by atoms with Crippen molar-refractivity contribution in [3.05, 3.63) is 71.8 Å². The maximum Gasteiger partial charge on any atom is 0.331 e. The third-order valence-electron chi connectivity index (χ3n) is 6.59. The number of amides is 6. The van der Waals surface area contributed by atoms with Gasteiger partial charge in [0.25, 0.3) is 0 Å². The molecule has 200 valence electrons. The number of carboxylic acid groups (broad SMARTS) is 2. The summed E-state index contributed by atoms with van der Waals surface area (Å²) in [5.41, 5.74) is 11.2. The maximum absolute atomic E-state index is 13.3. The van der Waals surface area contributed by atoms with Crippen molar-refractivity contribution >= 4 is 35.8 Å². The number of primary amides is 2. The Morgan fingerprint density at radius 3 is 1.13 bits per heavy atom. The molecule has 2 aromatic carbocycles. The van der Waals surface area contributed by atoms with Crippen LogP contribution in [-0.4, -0.2) is 55.8 Å². The molecule has 1 fully saturated rings. The lowest BCUT2D eigenvalue weighted by Gasteiger charge is -2.35. The Morgan fingerprint density at radius 1 is 0.605 bits per heavy atom. The van der Waals surface area contributed by atoms with E-state index in [9.17, 15) is 39.0 Å². The van der Waals surface area contributed by atoms with E-state index in [4.69, 9.17) is 11.5 Å². The minimum atomic E-state index is -1.63. The van der Waals surface area contributed by atoms with Crippen LogP contribution in [0.5, 0.6) is 0 Å². The second-order valence-corrected chi connectivity index (χ2v) is 8.94. The smallest absolute Gasteiger partial charge is 0.331 e. The van der Waals surface area contributed by atoms with Crippen LogP contribution in [0.25, 0.3) is 0 Å². The van der Waals surface area contributed by atoms with Crippen molar-refractivity contribution < 1.29 is 39.0 Å². The van der Waals surface area contributed by atoms with E-state index in [-0.39, 0.29) is 36.8 Å². The molecule has 0 saturated heterocycles. The Hall–Kier alpha value is -4.74. The first-order valence-corrected chi connectivity index (χ1v) is 11.8. The molecule has 38 heavy (non-hydrogen) atoms. The zero-order chi connectivity index (χ0) is 28.0. The molecule has 0 aromatic heterocycles. The number of carbonyl (C=O) groups is 6. The summed E-state index contributed by atoms with van der Waals surface area (Å²) in [7, 11) is 0. The molecule has 2 aromatic rings. The predicted octanol–water partition coefficient (Wildman–Crippen LogP) is 2.26. The fourth-order valence-corrected chi connectivity index (χ4v) is 4.78. The van der Waals surface area contributed by atoms with Gasteiger partial charge in [-0.05, 0) is 36.8 Å². The monoisotopic (exact) mass is 524 g/mol. The molecular weight excluding hydrogens is 496 g/mol. The van der Waals surface area contributed by atoms with E-state index < -0.39 is 59.7 Å². The quantitative estimate of drug-likeness (QED) is 0.402. The first-order chi connectivity index (χ1) is 18.0. The maximum atomic E-state index is 13.3. The molecule has 0 radical (unpaired) electrons. The van der Waals surface area contributed by atoms with Crippen molar-refractivity contribution in [2.45, 2.75) is 37.8 Å². The number of hydrogen-bond acceptors (Lipinski definition) is 6. The van der Waals surface area contributed by atoms with Crippen LogP contribution in [0.4, 0.5) is 9.59 Å². The van der Waals surface area contributed by atoms with Crippen LogP contribution in [0.1, 0.15) is 48.9 Å². The van der Waals surface area contributed by atoms with Crippen LogP contribution in [0.15, 0.2) is 60.7 Å². The SMILES string of the molecule is NC(=O)N(C(=O)C1CCC(C(=O)N(C(N)=O)C(C(=O)O)c2ccccc2)CC1)C(C(=O)O)c1ccccc1. The average Bonchev–Trinajstić information content (AvgIpc) is 2.89. The van der Waals surface area contributed by atoms with Gasteiger partial charge in [-0.2, -0.15) is 0 Å². The molecule has 6 amide bonds. The Bertz CT molecular complexity index is 1120. The highest BCUT2D eigenvalue weighted by Gasteiger charge is 2.43. The normalized spacial score (nSPS) is 18.4. The number of aliphatic carboxylic acids is 2. The molecule has 0 aliphatic heterocycles. The number of benzene rings is 2. The minimum absolute atomic E-state index is 0.0792. The highest BCUT2D eigenvalue weighted by molar-refractivity contribution is 6.00. The molecule has 1 aliphatic rings. The van der Waals surface area contributed by atoms with E-state index >= 15 is 0 Å². The molecular formula is C26H28N4O8. The van der Waals surface area contributed by atoms with Crippen molar-refractivity contribution in [2.75, 3.05) is 0 Å². The van der Waals surface area contributed by atoms with E-state index in [2.05, 4.69) is 0 Å². The molecule has 0 bridgehead atoms. The van der Waals surface area contributed by atoms with Crippen molar-refractivity contribution in [3.63, 3.8) is 0 Å². The van der Waals surface area contributed by atoms with Gasteiger partial charge < -0.3 is 21.7 Å². The van der Waals surface area contributed by atoms with E-state index in [0.29, 0.717) is 9.80 Å². The fourth-order valence-electron chi connectivity index (χ4n) is 4.78. The number of nitrogens with two attached hydrogens (primary N) is 2. The zero-order valence-corrected chi connectivity index (χ0v) is 20.3. The third-order valence-corrected chi connectivity index (χ3v) is 6.59. The van der Waals surface area contributed by atoms with Crippen LogP contribution in [-0.2, 0) is 19.2 Å². The summed E-state index contributed by atoms with van der Waals surface area (Å²) in [6.07, 6.45) is 0.317. The van der Waals surface area contributed by atoms with Crippen molar-refractivity contribution in [1.29, 1.82) is 0 Å². The zero-order valence-electron chi connectivity index (χ0n) is 20.3. The molecule has 12 nitrogen and oxygen atoms in total. The molecule has 0 heterocycles. The van der Waals surface area contributed by atoms with Gasteiger partial charge in [0.15, 0.2) is 12.1 Å². The van der Waals surface area contributed by atoms with Crippen LogP contribution in [0.2, 0.25) is 0 Å². The Morgan fingerprint density at radius 2 is 0.895 bits per heavy atom. The van der Waals surface area contributed by atoms with Crippen LogP contribution in [0, 0.1) is 11.8 Å². The minimum Gasteiger partial charge on any atom is -0.479 e. The van der Waals surface area contributed by atoms with E-state index in [0.717, 1.165) is 0 Å². The number of carboxylic acids is 2. The summed E-state index contributed by atoms with van der Waals surface area (Å²) in [6.45, 7) is 0. The molecule has 6 N–H and O–H groups in total. The van der Waals surface area contributed by atoms with Crippen molar-refractivity contribution in [1.82, 2.24) is 9.80 Å². The Kier molecular flexibility index (Phi) is 8.79. The highest BCUT2D eigenvalue weighted by atomic mass is 16.4. The molecule has 2 atom stereocenters. The summed E-state index contributed by atoms with van der Waals surface area (Å²) in [5.74, 6) is -6.10. The van der Waals surface area contributed by atoms with Gasteiger partial charge in [0.05, 0.1) is 0 Å². The van der Waals surface area contributed by atoms with E-state index in [1.165, 1.54) is 24.3 Å². The molecule has 3 rings (SSSR count). The summed E-state index contributed by atoms with van der Waals surface area (Å²) >= 11 is 0. The molecule has 2 unspecified atom stereocenters. The summed E-state index contributed by atoms with van der Waals surface area (Å²) in [6, 6.07) is 9.69. The number of hydrogen-bond donors (Lipinski definition) is 4. The lowest BCUT2D eigenvalue weighted by molar-refractivity contribution is -0.151. The summed E-state index contributed by atoms with van der Waals surface area (Å²) in [5, 5.41) is 19.5. The lowest BCUT2D eigenvalue weighted by Crippen LogP contribution is -2.51. The van der Waals surface area contributed by atoms with Crippen LogP contribution in [0.3, 0.4) is 0 Å². The largest absolute Gasteiger partial charge is 0.479 e. The van der Waals surface area contributed by atoms with E-state index in [1.807, 2.05) is 0 Å². The molecule has 12 heteroatoms. The average molecular weight is 525 g/mol. The van der Waals surface area contributed by atoms with Gasteiger partial charge in [-0.15, -0.1) is 0 Å². The second kappa shape index (κ2) is 12.0. The first kappa shape index (κ1) is 27.8. The number of nitrogens with zero attached hydrogens (tertiary/aromatic N) is 2. The predicted molar refractivity (Wildman–Crippen MR) is 132 cm³/mol. The number of imide groups is 2. The summed E-state index contributed by atoms with van der Waals surface area (Å²) in [4.78, 5) is 76.0. The summed E-state index contributed by atoms with van der Waals surface area (Å²) < 4.78 is 0. The number of rotatable bonds is 8. The van der Waals surface area contributed by atoms with Crippen molar-refractivity contribution in [2.24, 2.45) is 23.3 Å². The van der Waals surface area contributed by atoms with Crippen molar-refractivity contribution in [3.8, 4) is 0 Å². The Balaban J connectivity index is 1.78. The highest BCUT2D eigenvalue weighted by Crippen LogP contribution is 2.35. The lowest BCUT2D eigenvalue weighted by atomic mass is 9.80. The van der Waals surface area contributed by atoms with Crippen LogP contribution < -0.4 is 11.5 Å². The van der Waals surface area contributed by atoms with Gasteiger partial charge in [-0.1, -0.05) is 60.7 Å². The van der Waals surface area contributed by atoms with Gasteiger partial charge in [0, 0.05) is 11.8 Å². The Labute approximate surface area is 217 Å². The van der Waals surface area contributed by atoms with Gasteiger partial charge in [0.1, 0.15) is 0 Å². The third kappa shape index (κ3) is 5.97. The number of carbonyl (C=O) groups excluding carboxylic acids is 4. The van der Waals surface area contributed by atoms with Gasteiger partial charge in [-0.25, -0.2) is 29.0 Å². The number of urea groups is 2. The standard InChI is InChI=1S/C26H28N4O8/c27-25(37)29(19(23(33)34)15-7-3-1-4-8-15)21(31)17-11-13-18(14-12-17)22(32)30(26(28)38)20(24(35)36)16-9-5-2-6-10-16/h1-10,17-20H,11-14H2,(H2,27,37)(H2,28,38)(H,33,34)(H,35,36).